The lowest BCUT2D eigenvalue weighted by Gasteiger charge is -2.03. The summed E-state index contributed by atoms with van der Waals surface area (Å²) in [6.07, 6.45) is 5.02. The third-order valence-corrected chi connectivity index (χ3v) is 2.44. The molecule has 2 rings (SSSR count). The Balaban J connectivity index is 2.23. The van der Waals surface area contributed by atoms with Crippen molar-refractivity contribution >= 4 is 6.29 Å². The van der Waals surface area contributed by atoms with Gasteiger partial charge in [0.1, 0.15) is 0 Å². The Hall–Kier alpha value is -1.96. The molecule has 0 aliphatic rings. The highest BCUT2D eigenvalue weighted by Gasteiger charge is 1.98. The Morgan fingerprint density at radius 1 is 1.19 bits per heavy atom. The lowest BCUT2D eigenvalue weighted by molar-refractivity contribution is 0.112. The van der Waals surface area contributed by atoms with Gasteiger partial charge in [0.2, 0.25) is 0 Å². The highest BCUT2D eigenvalue weighted by molar-refractivity contribution is 5.74. The van der Waals surface area contributed by atoms with Crippen molar-refractivity contribution < 1.29 is 4.79 Å². The van der Waals surface area contributed by atoms with Crippen molar-refractivity contribution in [2.24, 2.45) is 0 Å². The lowest BCUT2D eigenvalue weighted by Crippen LogP contribution is -1.92. The minimum absolute atomic E-state index is 0.630. The van der Waals surface area contributed by atoms with Gasteiger partial charge in [-0.1, -0.05) is 29.8 Å². The zero-order chi connectivity index (χ0) is 11.4. The summed E-state index contributed by atoms with van der Waals surface area (Å²) in [6.45, 7) is 2.07. The smallest absolute Gasteiger partial charge is 0.151 e. The Labute approximate surface area is 95.0 Å². The van der Waals surface area contributed by atoms with Crippen LogP contribution in [0.4, 0.5) is 0 Å². The Bertz CT molecular complexity index is 506. The summed E-state index contributed by atoms with van der Waals surface area (Å²) in [4.78, 5) is 14.7. The molecular weight excluding hydrogens is 198 g/mol. The van der Waals surface area contributed by atoms with Crippen molar-refractivity contribution in [1.82, 2.24) is 4.98 Å². The first-order valence-electron chi connectivity index (χ1n) is 5.22. The molecule has 0 aliphatic carbocycles. The third-order valence-electron chi connectivity index (χ3n) is 2.44. The van der Waals surface area contributed by atoms with Crippen LogP contribution in [0.15, 0.2) is 42.7 Å². The van der Waals surface area contributed by atoms with Crippen LogP contribution in [0.25, 0.3) is 0 Å². The molecule has 0 radical (unpaired) electrons. The molecule has 16 heavy (non-hydrogen) atoms. The molecule has 0 amide bonds. The summed E-state index contributed by atoms with van der Waals surface area (Å²) < 4.78 is 0. The molecular formula is C14H13NO. The number of hydrogen-bond donors (Lipinski definition) is 0. The van der Waals surface area contributed by atoms with E-state index >= 15 is 0 Å². The van der Waals surface area contributed by atoms with Gasteiger partial charge in [0.25, 0.3) is 0 Å². The molecule has 0 fully saturated rings. The monoisotopic (exact) mass is 211 g/mol. The topological polar surface area (TPSA) is 30.0 Å². The summed E-state index contributed by atoms with van der Waals surface area (Å²) in [5.74, 6) is 0. The normalized spacial score (nSPS) is 10.1. The average molecular weight is 211 g/mol. The molecule has 0 aliphatic heterocycles. The van der Waals surface area contributed by atoms with Crippen molar-refractivity contribution in [2.75, 3.05) is 0 Å². The highest BCUT2D eigenvalue weighted by atomic mass is 16.1. The number of aromatic nitrogens is 1. The minimum atomic E-state index is 0.630. The van der Waals surface area contributed by atoms with Gasteiger partial charge in [-0.05, 0) is 30.5 Å². The zero-order valence-corrected chi connectivity index (χ0v) is 9.18. The summed E-state index contributed by atoms with van der Waals surface area (Å²) in [5, 5.41) is 0. The van der Waals surface area contributed by atoms with Crippen molar-refractivity contribution in [3.8, 4) is 0 Å². The van der Waals surface area contributed by atoms with E-state index in [0.29, 0.717) is 5.56 Å². The molecule has 1 heterocycles. The summed E-state index contributed by atoms with van der Waals surface area (Å²) in [6, 6.07) is 10.2. The maximum atomic E-state index is 10.6. The van der Waals surface area contributed by atoms with E-state index in [0.717, 1.165) is 18.3 Å². The third kappa shape index (κ3) is 2.54. The molecule has 1 aromatic carbocycles. The molecule has 0 spiro atoms. The van der Waals surface area contributed by atoms with Crippen LogP contribution in [-0.2, 0) is 6.42 Å². The van der Waals surface area contributed by atoms with Crippen molar-refractivity contribution in [3.63, 3.8) is 0 Å². The van der Waals surface area contributed by atoms with E-state index in [-0.39, 0.29) is 0 Å². The van der Waals surface area contributed by atoms with Crippen LogP contribution in [-0.4, -0.2) is 11.3 Å². The fourth-order valence-corrected chi connectivity index (χ4v) is 1.73. The van der Waals surface area contributed by atoms with E-state index in [2.05, 4.69) is 30.1 Å². The van der Waals surface area contributed by atoms with Crippen molar-refractivity contribution in [3.05, 3.63) is 65.0 Å². The second kappa shape index (κ2) is 4.71. The zero-order valence-electron chi connectivity index (χ0n) is 9.18. The Morgan fingerprint density at radius 3 is 2.81 bits per heavy atom. The van der Waals surface area contributed by atoms with Crippen molar-refractivity contribution in [1.29, 1.82) is 0 Å². The van der Waals surface area contributed by atoms with Gasteiger partial charge in [-0.2, -0.15) is 0 Å². The lowest BCUT2D eigenvalue weighted by atomic mass is 10.0. The Kier molecular flexibility index (Phi) is 3.10. The van der Waals surface area contributed by atoms with E-state index in [1.165, 1.54) is 11.1 Å². The van der Waals surface area contributed by atoms with Gasteiger partial charge in [-0.25, -0.2) is 0 Å². The molecule has 1 aromatic heterocycles. The standard InChI is InChI=1S/C14H13NO/c1-11-3-2-4-12(5-11)6-13-7-14(10-16)9-15-8-13/h2-5,7-10H,6H2,1H3. The number of benzene rings is 1. The van der Waals surface area contributed by atoms with Gasteiger partial charge < -0.3 is 0 Å². The number of aldehydes is 1. The van der Waals surface area contributed by atoms with E-state index in [9.17, 15) is 4.79 Å². The maximum Gasteiger partial charge on any atom is 0.151 e. The maximum absolute atomic E-state index is 10.6. The minimum Gasteiger partial charge on any atom is -0.298 e. The molecule has 80 valence electrons. The molecule has 0 N–H and O–H groups in total. The number of hydrogen-bond acceptors (Lipinski definition) is 2. The SMILES string of the molecule is Cc1cccc(Cc2cncc(C=O)c2)c1. The quantitative estimate of drug-likeness (QED) is 0.731. The number of rotatable bonds is 3. The van der Waals surface area contributed by atoms with Crippen molar-refractivity contribution in [2.45, 2.75) is 13.3 Å². The van der Waals surface area contributed by atoms with Gasteiger partial charge in [0, 0.05) is 18.0 Å². The molecule has 0 saturated carbocycles. The van der Waals surface area contributed by atoms with E-state index < -0.39 is 0 Å². The highest BCUT2D eigenvalue weighted by Crippen LogP contribution is 2.11. The van der Waals surface area contributed by atoms with Gasteiger partial charge >= 0.3 is 0 Å². The number of carbonyl (C=O) groups excluding carboxylic acids is 1. The first-order chi connectivity index (χ1) is 7.78. The van der Waals surface area contributed by atoms with E-state index in [4.69, 9.17) is 0 Å². The first-order valence-corrected chi connectivity index (χ1v) is 5.22. The fourth-order valence-electron chi connectivity index (χ4n) is 1.73. The van der Waals surface area contributed by atoms with Crippen LogP contribution in [0.2, 0.25) is 0 Å². The second-order valence-electron chi connectivity index (χ2n) is 3.91. The molecule has 2 aromatic rings. The predicted molar refractivity (Wildman–Crippen MR) is 63.6 cm³/mol. The van der Waals surface area contributed by atoms with Gasteiger partial charge in [-0.15, -0.1) is 0 Å². The summed E-state index contributed by atoms with van der Waals surface area (Å²) in [5.41, 5.74) is 4.18. The van der Waals surface area contributed by atoms with Crippen LogP contribution in [0.5, 0.6) is 0 Å². The van der Waals surface area contributed by atoms with Gasteiger partial charge in [0.05, 0.1) is 0 Å². The molecule has 0 saturated heterocycles. The number of aryl methyl sites for hydroxylation is 1. The predicted octanol–water partition coefficient (Wildman–Crippen LogP) is 2.79. The molecule has 2 nitrogen and oxygen atoms in total. The number of nitrogens with zero attached hydrogens (tertiary/aromatic N) is 1. The van der Waals surface area contributed by atoms with E-state index in [1.54, 1.807) is 12.4 Å². The fraction of sp³-hybridized carbons (Fsp3) is 0.143. The number of pyridine rings is 1. The van der Waals surface area contributed by atoms with Gasteiger partial charge in [0.15, 0.2) is 6.29 Å². The molecule has 0 unspecified atom stereocenters. The largest absolute Gasteiger partial charge is 0.298 e. The van der Waals surface area contributed by atoms with Crippen LogP contribution in [0.3, 0.4) is 0 Å². The number of carbonyl (C=O) groups is 1. The van der Waals surface area contributed by atoms with Crippen LogP contribution >= 0.6 is 0 Å². The van der Waals surface area contributed by atoms with Gasteiger partial charge in [-0.3, -0.25) is 9.78 Å². The van der Waals surface area contributed by atoms with Crippen LogP contribution in [0.1, 0.15) is 27.0 Å². The van der Waals surface area contributed by atoms with E-state index in [1.807, 2.05) is 12.1 Å². The molecule has 0 atom stereocenters. The van der Waals surface area contributed by atoms with Crippen LogP contribution < -0.4 is 0 Å². The Morgan fingerprint density at radius 2 is 2.06 bits per heavy atom. The molecule has 0 bridgehead atoms. The average Bonchev–Trinajstić information content (AvgIpc) is 2.29. The second-order valence-corrected chi connectivity index (χ2v) is 3.91. The van der Waals surface area contributed by atoms with Crippen LogP contribution in [0, 0.1) is 6.92 Å². The summed E-state index contributed by atoms with van der Waals surface area (Å²) in [7, 11) is 0. The molecule has 2 heteroatoms. The summed E-state index contributed by atoms with van der Waals surface area (Å²) >= 11 is 0. The first kappa shape index (κ1) is 10.6.